The van der Waals surface area contributed by atoms with Crippen molar-refractivity contribution in [1.29, 1.82) is 5.26 Å². The third kappa shape index (κ3) is 4.83. The highest BCUT2D eigenvalue weighted by Gasteiger charge is 2.30. The van der Waals surface area contributed by atoms with Crippen LogP contribution in [0.5, 0.6) is 0 Å². The Morgan fingerprint density at radius 2 is 1.71 bits per heavy atom. The van der Waals surface area contributed by atoms with Crippen molar-refractivity contribution in [3.63, 3.8) is 0 Å². The topological polar surface area (TPSA) is 50.5 Å². The third-order valence-electron chi connectivity index (χ3n) is 5.01. The summed E-state index contributed by atoms with van der Waals surface area (Å²) >= 11 is 0. The van der Waals surface area contributed by atoms with E-state index in [4.69, 9.17) is 0 Å². The number of hydrogen-bond donors (Lipinski definition) is 1. The molecule has 1 fully saturated rings. The molecule has 0 radical (unpaired) electrons. The van der Waals surface area contributed by atoms with Crippen molar-refractivity contribution in [2.75, 3.05) is 37.6 Å². The number of nitrogens with zero attached hydrogens (tertiary/aromatic N) is 3. The minimum atomic E-state index is -4.38. The Morgan fingerprint density at radius 1 is 1.00 bits per heavy atom. The molecule has 2 aromatic rings. The molecule has 1 heterocycles. The number of rotatable bonds is 4. The average Bonchev–Trinajstić information content (AvgIpc) is 2.93. The number of alkyl halides is 3. The molecular weight excluding hydrogens is 367 g/mol. The molecular formula is C21H22F3N3O. The molecule has 0 bridgehead atoms. The van der Waals surface area contributed by atoms with Gasteiger partial charge in [0.1, 0.15) is 6.07 Å². The zero-order valence-corrected chi connectivity index (χ0v) is 15.4. The largest absolute Gasteiger partial charge is 0.416 e. The number of anilines is 1. The van der Waals surface area contributed by atoms with Crippen LogP contribution in [0.4, 0.5) is 18.9 Å². The van der Waals surface area contributed by atoms with Crippen molar-refractivity contribution in [1.82, 2.24) is 4.90 Å². The molecule has 1 N–H and O–H groups in total. The molecule has 0 aromatic heterocycles. The van der Waals surface area contributed by atoms with E-state index in [9.17, 15) is 23.5 Å². The van der Waals surface area contributed by atoms with E-state index in [1.54, 1.807) is 6.07 Å². The predicted octanol–water partition coefficient (Wildman–Crippen LogP) is 3.82. The summed E-state index contributed by atoms with van der Waals surface area (Å²) in [5.41, 5.74) is 1.31. The highest BCUT2D eigenvalue weighted by atomic mass is 19.4. The number of aliphatic hydroxyl groups excluding tert-OH is 1. The van der Waals surface area contributed by atoms with Crippen molar-refractivity contribution in [2.24, 2.45) is 0 Å². The van der Waals surface area contributed by atoms with Gasteiger partial charge in [-0.3, -0.25) is 4.90 Å². The normalized spacial score (nSPS) is 17.0. The van der Waals surface area contributed by atoms with Crippen LogP contribution in [0.2, 0.25) is 0 Å². The van der Waals surface area contributed by atoms with E-state index in [0.717, 1.165) is 43.9 Å². The Hall–Kier alpha value is -2.56. The Balaban J connectivity index is 1.61. The second-order valence-electron chi connectivity index (χ2n) is 6.91. The summed E-state index contributed by atoms with van der Waals surface area (Å²) in [7, 11) is 0. The maximum absolute atomic E-state index is 12.7. The van der Waals surface area contributed by atoms with Crippen molar-refractivity contribution in [2.45, 2.75) is 18.7 Å². The number of benzene rings is 2. The van der Waals surface area contributed by atoms with Crippen LogP contribution in [0.1, 0.15) is 29.2 Å². The van der Waals surface area contributed by atoms with E-state index < -0.39 is 17.8 Å². The molecule has 1 aliphatic heterocycles. The molecule has 0 spiro atoms. The van der Waals surface area contributed by atoms with E-state index >= 15 is 0 Å². The summed E-state index contributed by atoms with van der Waals surface area (Å²) in [6.45, 7) is 3.38. The van der Waals surface area contributed by atoms with Gasteiger partial charge in [0, 0.05) is 32.7 Å². The van der Waals surface area contributed by atoms with Gasteiger partial charge in [0.15, 0.2) is 0 Å². The number of halogens is 3. The molecule has 1 aliphatic rings. The smallest absolute Gasteiger partial charge is 0.387 e. The first-order chi connectivity index (χ1) is 13.4. The van der Waals surface area contributed by atoms with Crippen molar-refractivity contribution >= 4 is 5.69 Å². The molecule has 0 amide bonds. The first-order valence-electron chi connectivity index (χ1n) is 9.20. The van der Waals surface area contributed by atoms with Crippen LogP contribution in [0.25, 0.3) is 0 Å². The van der Waals surface area contributed by atoms with Crippen LogP contribution in [-0.2, 0) is 6.18 Å². The van der Waals surface area contributed by atoms with Crippen molar-refractivity contribution < 1.29 is 18.3 Å². The number of β-amino-alcohol motifs (C(OH)–C–C–N with tert-alkyl or cyclic N) is 1. The summed E-state index contributed by atoms with van der Waals surface area (Å²) < 4.78 is 38.0. The molecule has 4 nitrogen and oxygen atoms in total. The molecule has 148 valence electrons. The molecule has 7 heteroatoms. The molecule has 2 aromatic carbocycles. The minimum absolute atomic E-state index is 0.360. The first-order valence-corrected chi connectivity index (χ1v) is 9.20. The van der Waals surface area contributed by atoms with Crippen LogP contribution in [0.3, 0.4) is 0 Å². The first kappa shape index (κ1) is 20.2. The number of hydrogen-bond acceptors (Lipinski definition) is 4. The highest BCUT2D eigenvalue weighted by Crippen LogP contribution is 2.30. The monoisotopic (exact) mass is 389 g/mol. The zero-order valence-electron chi connectivity index (χ0n) is 15.4. The van der Waals surface area contributed by atoms with E-state index in [0.29, 0.717) is 24.2 Å². The Bertz CT molecular complexity index is 830. The highest BCUT2D eigenvalue weighted by molar-refractivity contribution is 5.59. The van der Waals surface area contributed by atoms with Gasteiger partial charge in [0.25, 0.3) is 0 Å². The van der Waals surface area contributed by atoms with Crippen LogP contribution in [0, 0.1) is 11.3 Å². The molecule has 1 saturated heterocycles. The summed E-state index contributed by atoms with van der Waals surface area (Å²) in [6, 6.07) is 14.4. The van der Waals surface area contributed by atoms with E-state index in [1.807, 2.05) is 18.2 Å². The van der Waals surface area contributed by atoms with Crippen molar-refractivity contribution in [3.05, 3.63) is 65.2 Å². The van der Waals surface area contributed by atoms with Gasteiger partial charge in [0.2, 0.25) is 0 Å². The zero-order chi connectivity index (χ0) is 20.1. The van der Waals surface area contributed by atoms with Crippen LogP contribution in [-0.4, -0.2) is 42.7 Å². The van der Waals surface area contributed by atoms with E-state index in [2.05, 4.69) is 15.9 Å². The summed E-state index contributed by atoms with van der Waals surface area (Å²) in [5, 5.41) is 19.7. The average molecular weight is 389 g/mol. The maximum Gasteiger partial charge on any atom is 0.416 e. The summed E-state index contributed by atoms with van der Waals surface area (Å²) in [4.78, 5) is 4.28. The number of para-hydroxylation sites is 1. The van der Waals surface area contributed by atoms with Gasteiger partial charge >= 0.3 is 6.18 Å². The lowest BCUT2D eigenvalue weighted by Crippen LogP contribution is -2.33. The second kappa shape index (κ2) is 8.63. The van der Waals surface area contributed by atoms with Gasteiger partial charge in [-0.25, -0.2) is 0 Å². The van der Waals surface area contributed by atoms with Gasteiger partial charge in [0.05, 0.1) is 22.9 Å². The van der Waals surface area contributed by atoms with Gasteiger partial charge < -0.3 is 10.0 Å². The number of nitriles is 1. The van der Waals surface area contributed by atoms with E-state index in [-0.39, 0.29) is 0 Å². The fraction of sp³-hybridized carbons (Fsp3) is 0.381. The third-order valence-corrected chi connectivity index (χ3v) is 5.01. The molecule has 3 rings (SSSR count). The second-order valence-corrected chi connectivity index (χ2v) is 6.91. The Kier molecular flexibility index (Phi) is 6.22. The van der Waals surface area contributed by atoms with Gasteiger partial charge in [-0.05, 0) is 36.2 Å². The SMILES string of the molecule is N#Cc1ccccc1N1CCCN(C[C@H](O)c2ccc(C(F)(F)F)cc2)CC1. The quantitative estimate of drug-likeness (QED) is 0.864. The Labute approximate surface area is 162 Å². The van der Waals surface area contributed by atoms with Crippen LogP contribution >= 0.6 is 0 Å². The number of aliphatic hydroxyl groups is 1. The van der Waals surface area contributed by atoms with E-state index in [1.165, 1.54) is 12.1 Å². The van der Waals surface area contributed by atoms with Crippen LogP contribution < -0.4 is 4.90 Å². The minimum Gasteiger partial charge on any atom is -0.387 e. The van der Waals surface area contributed by atoms with Crippen LogP contribution in [0.15, 0.2) is 48.5 Å². The molecule has 0 unspecified atom stereocenters. The lowest BCUT2D eigenvalue weighted by Gasteiger charge is -2.25. The maximum atomic E-state index is 12.7. The lowest BCUT2D eigenvalue weighted by molar-refractivity contribution is -0.137. The summed E-state index contributed by atoms with van der Waals surface area (Å²) in [6.07, 6.45) is -4.35. The fourth-order valence-corrected chi connectivity index (χ4v) is 3.48. The molecule has 0 aliphatic carbocycles. The van der Waals surface area contributed by atoms with Gasteiger partial charge in [-0.2, -0.15) is 18.4 Å². The predicted molar refractivity (Wildman–Crippen MR) is 101 cm³/mol. The molecule has 0 saturated carbocycles. The van der Waals surface area contributed by atoms with Gasteiger partial charge in [-0.1, -0.05) is 24.3 Å². The lowest BCUT2D eigenvalue weighted by atomic mass is 10.1. The standard InChI is InChI=1S/C21H22F3N3O/c22-21(23,24)18-8-6-16(7-9-18)20(28)15-26-10-3-11-27(13-12-26)19-5-2-1-4-17(19)14-25/h1-2,4-9,20,28H,3,10-13,15H2/t20-/m0/s1. The fourth-order valence-electron chi connectivity index (χ4n) is 3.48. The Morgan fingerprint density at radius 3 is 2.39 bits per heavy atom. The molecule has 1 atom stereocenters. The van der Waals surface area contributed by atoms with Crippen molar-refractivity contribution in [3.8, 4) is 6.07 Å². The van der Waals surface area contributed by atoms with Gasteiger partial charge in [-0.15, -0.1) is 0 Å². The molecule has 28 heavy (non-hydrogen) atoms. The summed E-state index contributed by atoms with van der Waals surface area (Å²) in [5.74, 6) is 0.